The molecule has 0 heterocycles. The zero-order chi connectivity index (χ0) is 14.4. The lowest BCUT2D eigenvalue weighted by Crippen LogP contribution is -2.15. The van der Waals surface area contributed by atoms with Crippen molar-refractivity contribution in [2.75, 3.05) is 17.7 Å². The first-order valence-corrected chi connectivity index (χ1v) is 6.18. The predicted octanol–water partition coefficient (Wildman–Crippen LogP) is 2.64. The zero-order valence-corrected chi connectivity index (χ0v) is 11.7. The molecule has 0 aliphatic carbocycles. The first-order chi connectivity index (χ1) is 8.92. The van der Waals surface area contributed by atoms with Crippen LogP contribution in [0.1, 0.15) is 27.2 Å². The van der Waals surface area contributed by atoms with Gasteiger partial charge in [0.1, 0.15) is 5.75 Å². The monoisotopic (exact) mass is 264 g/mol. The molecule has 1 rings (SSSR count). The molecule has 1 aromatic rings. The number of hydrogen-bond acceptors (Lipinski definition) is 3. The highest BCUT2D eigenvalue weighted by Crippen LogP contribution is 2.28. The van der Waals surface area contributed by atoms with Gasteiger partial charge in [-0.25, -0.2) is 0 Å². The van der Waals surface area contributed by atoms with Gasteiger partial charge in [0.2, 0.25) is 11.8 Å². The van der Waals surface area contributed by atoms with Crippen LogP contribution < -0.4 is 15.4 Å². The summed E-state index contributed by atoms with van der Waals surface area (Å²) in [6.45, 7) is 5.39. The minimum absolute atomic E-state index is 0.0757. The molecule has 104 valence electrons. The van der Waals surface area contributed by atoms with Gasteiger partial charge in [0.15, 0.2) is 0 Å². The maximum absolute atomic E-state index is 11.8. The van der Waals surface area contributed by atoms with E-state index >= 15 is 0 Å². The van der Waals surface area contributed by atoms with Gasteiger partial charge < -0.3 is 15.4 Å². The lowest BCUT2D eigenvalue weighted by atomic mass is 10.1. The van der Waals surface area contributed by atoms with E-state index in [1.54, 1.807) is 18.2 Å². The number of hydrogen-bond donors (Lipinski definition) is 2. The van der Waals surface area contributed by atoms with Crippen LogP contribution in [0.4, 0.5) is 11.4 Å². The lowest BCUT2D eigenvalue weighted by molar-refractivity contribution is -0.117. The second kappa shape index (κ2) is 6.78. The third-order valence-electron chi connectivity index (χ3n) is 2.39. The van der Waals surface area contributed by atoms with Crippen molar-refractivity contribution in [2.45, 2.75) is 27.2 Å². The van der Waals surface area contributed by atoms with E-state index in [1.807, 2.05) is 13.8 Å². The average Bonchev–Trinajstić information content (AvgIpc) is 2.27. The summed E-state index contributed by atoms with van der Waals surface area (Å²) in [5.74, 6) is 0.605. The smallest absolute Gasteiger partial charge is 0.224 e. The minimum atomic E-state index is -0.162. The lowest BCUT2D eigenvalue weighted by Gasteiger charge is -2.13. The number of anilines is 2. The Morgan fingerprint density at radius 2 is 1.95 bits per heavy atom. The Bertz CT molecular complexity index is 470. The molecule has 0 aromatic heterocycles. The van der Waals surface area contributed by atoms with Crippen LogP contribution in [-0.2, 0) is 9.59 Å². The summed E-state index contributed by atoms with van der Waals surface area (Å²) in [5.41, 5.74) is 1.17. The van der Waals surface area contributed by atoms with Crippen LogP contribution in [0.3, 0.4) is 0 Å². The molecule has 2 amide bonds. The molecule has 2 N–H and O–H groups in total. The van der Waals surface area contributed by atoms with Crippen LogP contribution in [0, 0.1) is 5.92 Å². The Hall–Kier alpha value is -2.04. The third kappa shape index (κ3) is 4.99. The Balaban J connectivity index is 2.89. The SMILES string of the molecule is COc1ccc(NC(C)=O)cc1NC(=O)CC(C)C. The Morgan fingerprint density at radius 1 is 1.26 bits per heavy atom. The van der Waals surface area contributed by atoms with Gasteiger partial charge in [-0.15, -0.1) is 0 Å². The fourth-order valence-corrected chi connectivity index (χ4v) is 1.66. The highest BCUT2D eigenvalue weighted by atomic mass is 16.5. The summed E-state index contributed by atoms with van der Waals surface area (Å²) in [7, 11) is 1.53. The number of methoxy groups -OCH3 is 1. The normalized spacial score (nSPS) is 10.2. The van der Waals surface area contributed by atoms with Crippen LogP contribution in [0.2, 0.25) is 0 Å². The highest BCUT2D eigenvalue weighted by molar-refractivity contribution is 5.94. The fourth-order valence-electron chi connectivity index (χ4n) is 1.66. The van der Waals surface area contributed by atoms with Gasteiger partial charge in [0.05, 0.1) is 12.8 Å². The Kier molecular flexibility index (Phi) is 5.36. The summed E-state index contributed by atoms with van der Waals surface area (Å²) in [4.78, 5) is 22.8. The molecule has 5 heteroatoms. The number of amides is 2. The molecule has 5 nitrogen and oxygen atoms in total. The van der Waals surface area contributed by atoms with Gasteiger partial charge in [-0.3, -0.25) is 9.59 Å². The number of ether oxygens (including phenoxy) is 1. The summed E-state index contributed by atoms with van der Waals surface area (Å²) < 4.78 is 5.18. The molecule has 0 saturated heterocycles. The molecule has 0 atom stereocenters. The molecular weight excluding hydrogens is 244 g/mol. The van der Waals surface area contributed by atoms with Gasteiger partial charge in [-0.2, -0.15) is 0 Å². The van der Waals surface area contributed by atoms with Crippen molar-refractivity contribution in [1.82, 2.24) is 0 Å². The van der Waals surface area contributed by atoms with E-state index in [9.17, 15) is 9.59 Å². The van der Waals surface area contributed by atoms with E-state index in [0.717, 1.165) is 0 Å². The quantitative estimate of drug-likeness (QED) is 0.859. The summed E-state index contributed by atoms with van der Waals surface area (Å²) in [6.07, 6.45) is 0.438. The van der Waals surface area contributed by atoms with Crippen molar-refractivity contribution in [2.24, 2.45) is 5.92 Å². The Morgan fingerprint density at radius 3 is 2.47 bits per heavy atom. The molecule has 0 fully saturated rings. The summed E-state index contributed by atoms with van der Waals surface area (Å²) >= 11 is 0. The van der Waals surface area contributed by atoms with E-state index in [0.29, 0.717) is 23.5 Å². The van der Waals surface area contributed by atoms with E-state index in [1.165, 1.54) is 14.0 Å². The molecule has 1 aromatic carbocycles. The number of nitrogens with one attached hydrogen (secondary N) is 2. The second-order valence-corrected chi connectivity index (χ2v) is 4.74. The number of rotatable bonds is 5. The Labute approximate surface area is 113 Å². The zero-order valence-electron chi connectivity index (χ0n) is 11.7. The minimum Gasteiger partial charge on any atom is -0.495 e. The van der Waals surface area contributed by atoms with Gasteiger partial charge in [0, 0.05) is 19.0 Å². The van der Waals surface area contributed by atoms with E-state index in [-0.39, 0.29) is 17.7 Å². The standard InChI is InChI=1S/C14H20N2O3/c1-9(2)7-14(18)16-12-8-11(15-10(3)17)5-6-13(12)19-4/h5-6,8-9H,7H2,1-4H3,(H,15,17)(H,16,18). The van der Waals surface area contributed by atoms with Crippen LogP contribution in [-0.4, -0.2) is 18.9 Å². The highest BCUT2D eigenvalue weighted by Gasteiger charge is 2.10. The first-order valence-electron chi connectivity index (χ1n) is 6.18. The van der Waals surface area contributed by atoms with Gasteiger partial charge in [0.25, 0.3) is 0 Å². The largest absolute Gasteiger partial charge is 0.495 e. The van der Waals surface area contributed by atoms with Crippen LogP contribution >= 0.6 is 0 Å². The van der Waals surface area contributed by atoms with Crippen molar-refractivity contribution in [1.29, 1.82) is 0 Å². The molecule has 0 spiro atoms. The van der Waals surface area contributed by atoms with Crippen molar-refractivity contribution >= 4 is 23.2 Å². The molecule has 19 heavy (non-hydrogen) atoms. The summed E-state index contributed by atoms with van der Waals surface area (Å²) in [5, 5.41) is 5.46. The molecule has 0 unspecified atom stereocenters. The summed E-state index contributed by atoms with van der Waals surface area (Å²) in [6, 6.07) is 5.10. The van der Waals surface area contributed by atoms with E-state index in [2.05, 4.69) is 10.6 Å². The van der Waals surface area contributed by atoms with Gasteiger partial charge in [-0.1, -0.05) is 13.8 Å². The van der Waals surface area contributed by atoms with Crippen molar-refractivity contribution in [3.63, 3.8) is 0 Å². The molecule has 0 aliphatic heterocycles. The van der Waals surface area contributed by atoms with E-state index in [4.69, 9.17) is 4.74 Å². The molecule has 0 bridgehead atoms. The predicted molar refractivity (Wildman–Crippen MR) is 75.4 cm³/mol. The van der Waals surface area contributed by atoms with E-state index < -0.39 is 0 Å². The maximum Gasteiger partial charge on any atom is 0.224 e. The molecule has 0 radical (unpaired) electrons. The number of carbonyl (C=O) groups excluding carboxylic acids is 2. The second-order valence-electron chi connectivity index (χ2n) is 4.74. The number of carbonyl (C=O) groups is 2. The molecular formula is C14H20N2O3. The average molecular weight is 264 g/mol. The van der Waals surface area contributed by atoms with Crippen molar-refractivity contribution in [3.05, 3.63) is 18.2 Å². The fraction of sp³-hybridized carbons (Fsp3) is 0.429. The first kappa shape index (κ1) is 15.0. The van der Waals surface area contributed by atoms with Crippen molar-refractivity contribution in [3.8, 4) is 5.75 Å². The number of benzene rings is 1. The molecule has 0 aliphatic rings. The van der Waals surface area contributed by atoms with Crippen molar-refractivity contribution < 1.29 is 14.3 Å². The topological polar surface area (TPSA) is 67.4 Å². The van der Waals surface area contributed by atoms with Crippen LogP contribution in [0.25, 0.3) is 0 Å². The van der Waals surface area contributed by atoms with Gasteiger partial charge >= 0.3 is 0 Å². The maximum atomic E-state index is 11.8. The van der Waals surface area contributed by atoms with Crippen LogP contribution in [0.5, 0.6) is 5.75 Å². The third-order valence-corrected chi connectivity index (χ3v) is 2.39. The van der Waals surface area contributed by atoms with Gasteiger partial charge in [-0.05, 0) is 24.1 Å². The molecule has 0 saturated carbocycles. The van der Waals surface area contributed by atoms with Crippen LogP contribution in [0.15, 0.2) is 18.2 Å².